The first-order chi connectivity index (χ1) is 18.9. The summed E-state index contributed by atoms with van der Waals surface area (Å²) in [5.41, 5.74) is -0.0813. The summed E-state index contributed by atoms with van der Waals surface area (Å²) < 4.78 is 47.7. The number of amides is 2. The van der Waals surface area contributed by atoms with Crippen molar-refractivity contribution in [3.05, 3.63) is 59.7 Å². The summed E-state index contributed by atoms with van der Waals surface area (Å²) in [7, 11) is 0. The minimum Gasteiger partial charge on any atom is -0.444 e. The molecule has 2 aliphatic heterocycles. The van der Waals surface area contributed by atoms with E-state index in [0.29, 0.717) is 31.7 Å². The van der Waals surface area contributed by atoms with Crippen LogP contribution in [0.1, 0.15) is 51.2 Å². The van der Waals surface area contributed by atoms with E-state index in [1.54, 1.807) is 36.6 Å². The van der Waals surface area contributed by atoms with Crippen LogP contribution in [0, 0.1) is 0 Å². The third-order valence-electron chi connectivity index (χ3n) is 6.75. The van der Waals surface area contributed by atoms with E-state index >= 15 is 0 Å². The van der Waals surface area contributed by atoms with Crippen molar-refractivity contribution < 1.29 is 27.5 Å². The molecule has 10 heteroatoms. The number of para-hydroxylation sites is 1. The highest BCUT2D eigenvalue weighted by Crippen LogP contribution is 2.43. The van der Waals surface area contributed by atoms with E-state index in [0.717, 1.165) is 54.3 Å². The lowest BCUT2D eigenvalue weighted by molar-refractivity contribution is -0.139. The van der Waals surface area contributed by atoms with Crippen molar-refractivity contribution in [1.82, 2.24) is 9.80 Å². The SMILES string of the molecule is CC(C)(C)OC(=O)N1CCN(C(=O)C=Cc2ccc(Sc3ccccc3N3CCCCC3)c(C(F)(F)F)c2)CC1. The van der Waals surface area contributed by atoms with Crippen LogP contribution in [0.25, 0.3) is 6.08 Å². The van der Waals surface area contributed by atoms with E-state index in [2.05, 4.69) is 4.90 Å². The second-order valence-corrected chi connectivity index (χ2v) is 12.1. The lowest BCUT2D eigenvalue weighted by Crippen LogP contribution is -2.51. The summed E-state index contributed by atoms with van der Waals surface area (Å²) in [5.74, 6) is -0.314. The maximum absolute atomic E-state index is 14.1. The minimum absolute atomic E-state index is 0.124. The molecule has 4 rings (SSSR count). The molecule has 0 N–H and O–H groups in total. The third-order valence-corrected chi connectivity index (χ3v) is 7.89. The molecule has 0 aliphatic carbocycles. The van der Waals surface area contributed by atoms with Gasteiger partial charge >= 0.3 is 12.3 Å². The van der Waals surface area contributed by atoms with Gasteiger partial charge in [-0.15, -0.1) is 0 Å². The first kappa shape index (κ1) is 29.8. The van der Waals surface area contributed by atoms with Crippen molar-refractivity contribution in [1.29, 1.82) is 0 Å². The van der Waals surface area contributed by atoms with Crippen LogP contribution in [-0.4, -0.2) is 66.7 Å². The molecule has 216 valence electrons. The van der Waals surface area contributed by atoms with E-state index < -0.39 is 23.4 Å². The molecule has 2 aliphatic rings. The number of piperazine rings is 1. The number of nitrogens with zero attached hydrogens (tertiary/aromatic N) is 3. The fourth-order valence-electron chi connectivity index (χ4n) is 4.73. The van der Waals surface area contributed by atoms with Crippen LogP contribution in [-0.2, 0) is 15.7 Å². The molecular formula is C30H36F3N3O3S. The Kier molecular flexibility index (Phi) is 9.38. The molecule has 0 aromatic heterocycles. The molecule has 2 saturated heterocycles. The Morgan fingerprint density at radius 1 is 0.850 bits per heavy atom. The van der Waals surface area contributed by atoms with E-state index in [1.165, 1.54) is 24.6 Å². The van der Waals surface area contributed by atoms with Crippen molar-refractivity contribution in [3.63, 3.8) is 0 Å². The Balaban J connectivity index is 1.44. The average molecular weight is 576 g/mol. The van der Waals surface area contributed by atoms with Crippen LogP contribution in [0.2, 0.25) is 0 Å². The van der Waals surface area contributed by atoms with Crippen molar-refractivity contribution in [2.45, 2.75) is 61.6 Å². The van der Waals surface area contributed by atoms with Crippen LogP contribution in [0.4, 0.5) is 23.7 Å². The Morgan fingerprint density at radius 2 is 1.50 bits per heavy atom. The lowest BCUT2D eigenvalue weighted by Gasteiger charge is -2.35. The molecule has 0 saturated carbocycles. The van der Waals surface area contributed by atoms with Crippen LogP contribution in [0.3, 0.4) is 0 Å². The second-order valence-electron chi connectivity index (χ2n) is 11.0. The monoisotopic (exact) mass is 575 g/mol. The molecule has 0 unspecified atom stereocenters. The summed E-state index contributed by atoms with van der Waals surface area (Å²) in [4.78, 5) is 31.3. The number of piperidine rings is 1. The number of ether oxygens (including phenoxy) is 1. The van der Waals surface area contributed by atoms with E-state index in [4.69, 9.17) is 4.74 Å². The average Bonchev–Trinajstić information content (AvgIpc) is 2.91. The third kappa shape index (κ3) is 7.96. The molecular weight excluding hydrogens is 539 g/mol. The molecule has 2 fully saturated rings. The van der Waals surface area contributed by atoms with Crippen molar-refractivity contribution in [2.24, 2.45) is 0 Å². The molecule has 2 amide bonds. The van der Waals surface area contributed by atoms with Crippen LogP contribution < -0.4 is 4.90 Å². The molecule has 0 atom stereocenters. The zero-order valence-corrected chi connectivity index (χ0v) is 24.0. The van der Waals surface area contributed by atoms with Crippen LogP contribution in [0.15, 0.2) is 58.3 Å². The van der Waals surface area contributed by atoms with Crippen molar-refractivity contribution >= 4 is 35.5 Å². The summed E-state index contributed by atoms with van der Waals surface area (Å²) >= 11 is 1.12. The summed E-state index contributed by atoms with van der Waals surface area (Å²) in [6.07, 6.45) is 1.05. The van der Waals surface area contributed by atoms with Gasteiger partial charge in [0.05, 0.1) is 11.3 Å². The van der Waals surface area contributed by atoms with Gasteiger partial charge in [-0.05, 0) is 75.9 Å². The number of hydrogen-bond donors (Lipinski definition) is 0. The molecule has 0 spiro atoms. The maximum Gasteiger partial charge on any atom is 0.417 e. The normalized spacial score (nSPS) is 16.9. The zero-order valence-electron chi connectivity index (χ0n) is 23.2. The number of benzene rings is 2. The van der Waals surface area contributed by atoms with Gasteiger partial charge in [-0.2, -0.15) is 13.2 Å². The van der Waals surface area contributed by atoms with Gasteiger partial charge in [0.2, 0.25) is 5.91 Å². The van der Waals surface area contributed by atoms with Gasteiger partial charge in [-0.25, -0.2) is 4.79 Å². The predicted octanol–water partition coefficient (Wildman–Crippen LogP) is 6.94. The molecule has 2 aromatic carbocycles. The van der Waals surface area contributed by atoms with Gasteiger partial charge in [0.25, 0.3) is 0 Å². The molecule has 0 bridgehead atoms. The van der Waals surface area contributed by atoms with E-state index in [1.807, 2.05) is 24.3 Å². The van der Waals surface area contributed by atoms with Crippen LogP contribution >= 0.6 is 11.8 Å². The van der Waals surface area contributed by atoms with Gasteiger partial charge < -0.3 is 19.4 Å². The fourth-order valence-corrected chi connectivity index (χ4v) is 5.83. The second kappa shape index (κ2) is 12.6. The quantitative estimate of drug-likeness (QED) is 0.362. The Bertz CT molecular complexity index is 1230. The number of carbonyl (C=O) groups is 2. The van der Waals surface area contributed by atoms with Crippen molar-refractivity contribution in [3.8, 4) is 0 Å². The first-order valence-corrected chi connectivity index (χ1v) is 14.4. The molecule has 2 aromatic rings. The van der Waals surface area contributed by atoms with Gasteiger partial charge in [-0.3, -0.25) is 4.79 Å². The molecule has 40 heavy (non-hydrogen) atoms. The number of alkyl halides is 3. The number of anilines is 1. The predicted molar refractivity (Wildman–Crippen MR) is 151 cm³/mol. The number of hydrogen-bond acceptors (Lipinski definition) is 5. The number of rotatable bonds is 5. The summed E-state index contributed by atoms with van der Waals surface area (Å²) in [6.45, 7) is 8.48. The summed E-state index contributed by atoms with van der Waals surface area (Å²) in [5, 5.41) is 0. The standard InChI is InChI=1S/C30H36F3N3O3S/c1-29(2,3)39-28(38)36-19-17-35(18-20-36)27(37)14-12-22-11-13-25(23(21-22)30(31,32)33)40-26-10-6-5-9-24(26)34-15-7-4-8-16-34/h5-6,9-14,21H,4,7-8,15-20H2,1-3H3. The van der Waals surface area contributed by atoms with E-state index in [-0.39, 0.29) is 10.8 Å². The highest BCUT2D eigenvalue weighted by molar-refractivity contribution is 7.99. The number of carbonyl (C=O) groups excluding carboxylic acids is 2. The maximum atomic E-state index is 14.1. The van der Waals surface area contributed by atoms with Gasteiger partial charge in [0.1, 0.15) is 5.60 Å². The summed E-state index contributed by atoms with van der Waals surface area (Å²) in [6, 6.07) is 11.8. The molecule has 2 heterocycles. The molecule has 6 nitrogen and oxygen atoms in total. The Hall–Kier alpha value is -3.14. The van der Waals surface area contributed by atoms with Gasteiger partial charge in [-0.1, -0.05) is 30.0 Å². The highest BCUT2D eigenvalue weighted by Gasteiger charge is 2.34. The lowest BCUT2D eigenvalue weighted by atomic mass is 10.1. The minimum atomic E-state index is -4.55. The first-order valence-electron chi connectivity index (χ1n) is 13.6. The van der Waals surface area contributed by atoms with Crippen LogP contribution in [0.5, 0.6) is 0 Å². The zero-order chi connectivity index (χ0) is 28.9. The highest BCUT2D eigenvalue weighted by atomic mass is 32.2. The van der Waals surface area contributed by atoms with Crippen molar-refractivity contribution in [2.75, 3.05) is 44.2 Å². The smallest absolute Gasteiger partial charge is 0.417 e. The largest absolute Gasteiger partial charge is 0.444 e. The molecule has 0 radical (unpaired) electrons. The van der Waals surface area contributed by atoms with E-state index in [9.17, 15) is 22.8 Å². The Labute approximate surface area is 238 Å². The Morgan fingerprint density at radius 3 is 2.15 bits per heavy atom. The topological polar surface area (TPSA) is 53.1 Å². The number of halogens is 3. The van der Waals surface area contributed by atoms with Gasteiger partial charge in [0.15, 0.2) is 0 Å². The van der Waals surface area contributed by atoms with Gasteiger partial charge in [0, 0.05) is 55.1 Å². The fraction of sp³-hybridized carbons (Fsp3) is 0.467.